The number of amides is 1. The summed E-state index contributed by atoms with van der Waals surface area (Å²) in [4.78, 5) is 21.4. The second kappa shape index (κ2) is 6.54. The number of imidazole rings is 1. The first-order valence-corrected chi connectivity index (χ1v) is 8.10. The van der Waals surface area contributed by atoms with Gasteiger partial charge in [0.25, 0.3) is 5.91 Å². The molecule has 0 unspecified atom stereocenters. The van der Waals surface area contributed by atoms with Crippen LogP contribution in [-0.2, 0) is 19.6 Å². The fourth-order valence-electron chi connectivity index (χ4n) is 2.91. The molecular formula is C16H23N5O2. The third-order valence-electron chi connectivity index (χ3n) is 4.40. The third-order valence-corrected chi connectivity index (χ3v) is 4.40. The van der Waals surface area contributed by atoms with Crippen LogP contribution in [0, 0.1) is 6.92 Å². The predicted octanol–water partition coefficient (Wildman–Crippen LogP) is 1.68. The van der Waals surface area contributed by atoms with Gasteiger partial charge in [-0.05, 0) is 20.0 Å². The lowest BCUT2D eigenvalue weighted by molar-refractivity contribution is 0.0705. The molecule has 0 atom stereocenters. The Hall–Kier alpha value is -2.15. The Kier molecular flexibility index (Phi) is 4.47. The number of rotatable bonds is 5. The minimum Gasteiger partial charge on any atom is -0.361 e. The summed E-state index contributed by atoms with van der Waals surface area (Å²) >= 11 is 0. The first-order chi connectivity index (χ1) is 11.1. The molecule has 0 N–H and O–H groups in total. The maximum atomic E-state index is 12.5. The zero-order chi connectivity index (χ0) is 16.4. The van der Waals surface area contributed by atoms with E-state index in [0.717, 1.165) is 37.7 Å². The van der Waals surface area contributed by atoms with E-state index in [1.54, 1.807) is 6.92 Å². The lowest BCUT2D eigenvalue weighted by Gasteiger charge is -2.27. The highest BCUT2D eigenvalue weighted by atomic mass is 16.5. The van der Waals surface area contributed by atoms with E-state index >= 15 is 0 Å². The Labute approximate surface area is 135 Å². The van der Waals surface area contributed by atoms with E-state index in [1.807, 2.05) is 4.90 Å². The van der Waals surface area contributed by atoms with Gasteiger partial charge in [0.15, 0.2) is 0 Å². The van der Waals surface area contributed by atoms with Gasteiger partial charge in [0.1, 0.15) is 17.1 Å². The Balaban J connectivity index is 1.72. The largest absolute Gasteiger partial charge is 0.361 e. The van der Waals surface area contributed by atoms with E-state index in [1.165, 1.54) is 6.20 Å². The minimum atomic E-state index is -0.0386. The van der Waals surface area contributed by atoms with Crippen molar-refractivity contribution < 1.29 is 9.32 Å². The van der Waals surface area contributed by atoms with Crippen LogP contribution in [0.5, 0.6) is 0 Å². The van der Waals surface area contributed by atoms with Gasteiger partial charge in [-0.3, -0.25) is 9.69 Å². The fourth-order valence-corrected chi connectivity index (χ4v) is 2.91. The van der Waals surface area contributed by atoms with Crippen molar-refractivity contribution in [3.63, 3.8) is 0 Å². The van der Waals surface area contributed by atoms with Gasteiger partial charge >= 0.3 is 0 Å². The number of aromatic nitrogens is 3. The Morgan fingerprint density at radius 2 is 2.13 bits per heavy atom. The molecule has 0 radical (unpaired) electrons. The number of nitrogens with zero attached hydrogens (tertiary/aromatic N) is 5. The molecule has 3 rings (SSSR count). The second-order valence-corrected chi connectivity index (χ2v) is 5.83. The Morgan fingerprint density at radius 1 is 1.35 bits per heavy atom. The molecule has 0 aliphatic carbocycles. The van der Waals surface area contributed by atoms with Crippen molar-refractivity contribution in [2.24, 2.45) is 0 Å². The molecule has 1 aliphatic rings. The summed E-state index contributed by atoms with van der Waals surface area (Å²) in [5, 5.41) is 3.69. The monoisotopic (exact) mass is 317 g/mol. The molecule has 23 heavy (non-hydrogen) atoms. The van der Waals surface area contributed by atoms with Gasteiger partial charge in [0.2, 0.25) is 0 Å². The van der Waals surface area contributed by atoms with Crippen LogP contribution in [0.15, 0.2) is 16.9 Å². The SMILES string of the molecule is CCN(CC)Cc1cn2c(n1)CN(C(=O)c1cnoc1C)CC2. The maximum Gasteiger partial charge on any atom is 0.259 e. The molecule has 0 spiro atoms. The van der Waals surface area contributed by atoms with Crippen molar-refractivity contribution >= 4 is 5.91 Å². The van der Waals surface area contributed by atoms with Gasteiger partial charge in [-0.2, -0.15) is 0 Å². The maximum absolute atomic E-state index is 12.5. The minimum absolute atomic E-state index is 0.0386. The average Bonchev–Trinajstić information content (AvgIpc) is 3.16. The molecule has 124 valence electrons. The molecule has 0 fully saturated rings. The highest BCUT2D eigenvalue weighted by Gasteiger charge is 2.26. The lowest BCUT2D eigenvalue weighted by atomic mass is 10.2. The standard InChI is InChI=1S/C16H23N5O2/c1-4-19(5-2)9-13-10-20-6-7-21(11-15(20)18-13)16(22)14-8-17-23-12(14)3/h8,10H,4-7,9,11H2,1-3H3. The number of hydrogen-bond donors (Lipinski definition) is 0. The van der Waals surface area contributed by atoms with Crippen LogP contribution >= 0.6 is 0 Å². The van der Waals surface area contributed by atoms with Gasteiger partial charge in [0.05, 0.1) is 18.4 Å². The molecule has 3 heterocycles. The normalized spacial score (nSPS) is 14.3. The van der Waals surface area contributed by atoms with Crippen LogP contribution in [0.3, 0.4) is 0 Å². The zero-order valence-electron chi connectivity index (χ0n) is 13.9. The molecule has 7 heteroatoms. The summed E-state index contributed by atoms with van der Waals surface area (Å²) in [6, 6.07) is 0. The zero-order valence-corrected chi connectivity index (χ0v) is 13.9. The summed E-state index contributed by atoms with van der Waals surface area (Å²) in [5.74, 6) is 1.47. The number of hydrogen-bond acceptors (Lipinski definition) is 5. The topological polar surface area (TPSA) is 67.4 Å². The van der Waals surface area contributed by atoms with Crippen LogP contribution in [-0.4, -0.2) is 50.0 Å². The van der Waals surface area contributed by atoms with Crippen molar-refractivity contribution in [3.05, 3.63) is 35.2 Å². The number of fused-ring (bicyclic) bond motifs is 1. The molecule has 7 nitrogen and oxygen atoms in total. The Morgan fingerprint density at radius 3 is 2.78 bits per heavy atom. The quantitative estimate of drug-likeness (QED) is 0.839. The smallest absolute Gasteiger partial charge is 0.259 e. The van der Waals surface area contributed by atoms with Crippen molar-refractivity contribution in [3.8, 4) is 0 Å². The number of carbonyl (C=O) groups is 1. The first kappa shape index (κ1) is 15.7. The molecule has 0 saturated heterocycles. The van der Waals surface area contributed by atoms with Gasteiger partial charge in [0, 0.05) is 25.8 Å². The van der Waals surface area contributed by atoms with Gasteiger partial charge in [-0.1, -0.05) is 19.0 Å². The molecule has 0 bridgehead atoms. The fraction of sp³-hybridized carbons (Fsp3) is 0.562. The molecular weight excluding hydrogens is 294 g/mol. The van der Waals surface area contributed by atoms with Gasteiger partial charge < -0.3 is 14.0 Å². The van der Waals surface area contributed by atoms with E-state index in [-0.39, 0.29) is 5.91 Å². The van der Waals surface area contributed by atoms with E-state index in [4.69, 9.17) is 9.51 Å². The summed E-state index contributed by atoms with van der Waals surface area (Å²) in [5.41, 5.74) is 1.60. The Bertz CT molecular complexity index is 686. The van der Waals surface area contributed by atoms with Crippen molar-refractivity contribution in [2.45, 2.75) is 40.4 Å². The molecule has 0 saturated carbocycles. The van der Waals surface area contributed by atoms with Crippen LogP contribution < -0.4 is 0 Å². The molecule has 2 aromatic heterocycles. The van der Waals surface area contributed by atoms with Crippen molar-refractivity contribution in [1.82, 2.24) is 24.5 Å². The average molecular weight is 317 g/mol. The van der Waals surface area contributed by atoms with Gasteiger partial charge in [-0.15, -0.1) is 0 Å². The van der Waals surface area contributed by atoms with E-state index in [2.05, 4.69) is 34.7 Å². The molecule has 1 amide bonds. The molecule has 1 aliphatic heterocycles. The van der Waals surface area contributed by atoms with E-state index in [0.29, 0.717) is 24.4 Å². The van der Waals surface area contributed by atoms with Crippen LogP contribution in [0.4, 0.5) is 0 Å². The second-order valence-electron chi connectivity index (χ2n) is 5.83. The third kappa shape index (κ3) is 3.14. The molecule has 2 aromatic rings. The van der Waals surface area contributed by atoms with E-state index < -0.39 is 0 Å². The lowest BCUT2D eigenvalue weighted by Crippen LogP contribution is -2.38. The van der Waals surface area contributed by atoms with Crippen LogP contribution in [0.2, 0.25) is 0 Å². The molecule has 0 aromatic carbocycles. The summed E-state index contributed by atoms with van der Waals surface area (Å²) in [6.45, 7) is 10.9. The number of aryl methyl sites for hydroxylation is 1. The summed E-state index contributed by atoms with van der Waals surface area (Å²) < 4.78 is 7.15. The van der Waals surface area contributed by atoms with Gasteiger partial charge in [-0.25, -0.2) is 4.98 Å². The summed E-state index contributed by atoms with van der Waals surface area (Å²) in [6.07, 6.45) is 3.60. The highest BCUT2D eigenvalue weighted by Crippen LogP contribution is 2.18. The first-order valence-electron chi connectivity index (χ1n) is 8.10. The van der Waals surface area contributed by atoms with Crippen molar-refractivity contribution in [1.29, 1.82) is 0 Å². The summed E-state index contributed by atoms with van der Waals surface area (Å²) in [7, 11) is 0. The van der Waals surface area contributed by atoms with Crippen LogP contribution in [0.1, 0.15) is 41.5 Å². The van der Waals surface area contributed by atoms with Crippen LogP contribution in [0.25, 0.3) is 0 Å². The predicted molar refractivity (Wildman–Crippen MR) is 84.8 cm³/mol. The van der Waals surface area contributed by atoms with E-state index in [9.17, 15) is 4.79 Å². The van der Waals surface area contributed by atoms with Crippen molar-refractivity contribution in [2.75, 3.05) is 19.6 Å². The highest BCUT2D eigenvalue weighted by molar-refractivity contribution is 5.94. The number of carbonyl (C=O) groups excluding carboxylic acids is 1.